The normalized spacial score (nSPS) is 11.3. The highest BCUT2D eigenvalue weighted by atomic mass is 16.4. The summed E-state index contributed by atoms with van der Waals surface area (Å²) in [5.41, 5.74) is 7.63. The predicted molar refractivity (Wildman–Crippen MR) is 76.8 cm³/mol. The minimum absolute atomic E-state index is 0.0375. The van der Waals surface area contributed by atoms with Crippen LogP contribution in [0.1, 0.15) is 10.4 Å². The van der Waals surface area contributed by atoms with E-state index in [1.807, 2.05) is 12.1 Å². The van der Waals surface area contributed by atoms with E-state index in [-0.39, 0.29) is 11.5 Å². The molecule has 108 valence electrons. The van der Waals surface area contributed by atoms with Crippen molar-refractivity contribution in [2.24, 2.45) is 0 Å². The zero-order chi connectivity index (χ0) is 15.3. The Morgan fingerprint density at radius 1 is 1.27 bits per heavy atom. The first-order chi connectivity index (χ1) is 10.6. The standard InChI is InChI=1S/C13H9N7O2/c14-13-15-11-5-7(12(21)22)10(6-19(11)17-13)20-9-4-2-1-3-8(9)16-18-20/h1-6H,(H2,14,17)(H,21,22). The molecule has 0 bridgehead atoms. The van der Waals surface area contributed by atoms with Gasteiger partial charge in [-0.05, 0) is 18.2 Å². The third-order valence-corrected chi connectivity index (χ3v) is 3.28. The molecule has 3 N–H and O–H groups in total. The molecular formula is C13H9N7O2. The molecule has 0 aliphatic rings. The van der Waals surface area contributed by atoms with Crippen molar-refractivity contribution in [3.63, 3.8) is 0 Å². The number of nitrogen functional groups attached to an aromatic ring is 1. The quantitative estimate of drug-likeness (QED) is 0.559. The van der Waals surface area contributed by atoms with Crippen molar-refractivity contribution in [2.75, 3.05) is 5.73 Å². The van der Waals surface area contributed by atoms with Crippen LogP contribution in [0.3, 0.4) is 0 Å². The molecule has 9 nitrogen and oxygen atoms in total. The lowest BCUT2D eigenvalue weighted by Gasteiger charge is -2.07. The molecule has 4 rings (SSSR count). The highest BCUT2D eigenvalue weighted by Gasteiger charge is 2.18. The van der Waals surface area contributed by atoms with Crippen LogP contribution < -0.4 is 5.73 Å². The van der Waals surface area contributed by atoms with Crippen LogP contribution >= 0.6 is 0 Å². The van der Waals surface area contributed by atoms with Crippen LogP contribution in [0.5, 0.6) is 0 Å². The van der Waals surface area contributed by atoms with E-state index in [0.29, 0.717) is 22.4 Å². The maximum atomic E-state index is 11.6. The van der Waals surface area contributed by atoms with Gasteiger partial charge in [0, 0.05) is 0 Å². The number of aromatic carboxylic acids is 1. The van der Waals surface area contributed by atoms with Crippen molar-refractivity contribution < 1.29 is 9.90 Å². The third-order valence-electron chi connectivity index (χ3n) is 3.28. The molecule has 0 atom stereocenters. The molecule has 0 spiro atoms. The van der Waals surface area contributed by atoms with Crippen molar-refractivity contribution in [2.45, 2.75) is 0 Å². The minimum Gasteiger partial charge on any atom is -0.478 e. The highest BCUT2D eigenvalue weighted by molar-refractivity contribution is 5.94. The SMILES string of the molecule is Nc1nc2cc(C(=O)O)c(-n3nnc4ccccc43)cn2n1. The number of para-hydroxylation sites is 1. The third kappa shape index (κ3) is 1.69. The van der Waals surface area contributed by atoms with Crippen LogP contribution in [0.25, 0.3) is 22.4 Å². The number of carbonyl (C=O) groups is 1. The fourth-order valence-corrected chi connectivity index (χ4v) is 2.32. The Bertz CT molecular complexity index is 1030. The number of aromatic nitrogens is 6. The van der Waals surface area contributed by atoms with Gasteiger partial charge in [0.1, 0.15) is 11.2 Å². The molecular weight excluding hydrogens is 286 g/mol. The van der Waals surface area contributed by atoms with Crippen molar-refractivity contribution >= 4 is 28.6 Å². The summed E-state index contributed by atoms with van der Waals surface area (Å²) < 4.78 is 2.86. The van der Waals surface area contributed by atoms with Crippen molar-refractivity contribution in [3.8, 4) is 5.69 Å². The molecule has 0 saturated carbocycles. The molecule has 0 unspecified atom stereocenters. The van der Waals surface area contributed by atoms with E-state index < -0.39 is 5.97 Å². The maximum Gasteiger partial charge on any atom is 0.338 e. The molecule has 0 saturated heterocycles. The summed E-state index contributed by atoms with van der Waals surface area (Å²) in [5, 5.41) is 21.5. The minimum atomic E-state index is -1.10. The maximum absolute atomic E-state index is 11.6. The number of hydrogen-bond donors (Lipinski definition) is 2. The van der Waals surface area contributed by atoms with Gasteiger partial charge in [0.05, 0.1) is 17.3 Å². The van der Waals surface area contributed by atoms with E-state index in [9.17, 15) is 9.90 Å². The molecule has 0 fully saturated rings. The number of fused-ring (bicyclic) bond motifs is 2. The lowest BCUT2D eigenvalue weighted by atomic mass is 10.2. The molecule has 3 heterocycles. The van der Waals surface area contributed by atoms with E-state index in [4.69, 9.17) is 5.73 Å². The second-order valence-electron chi connectivity index (χ2n) is 4.64. The van der Waals surface area contributed by atoms with Crippen LogP contribution in [-0.2, 0) is 0 Å². The lowest BCUT2D eigenvalue weighted by molar-refractivity contribution is 0.0696. The number of nitrogens with two attached hydrogens (primary N) is 1. The van der Waals surface area contributed by atoms with Gasteiger partial charge >= 0.3 is 5.97 Å². The second kappa shape index (κ2) is 4.25. The van der Waals surface area contributed by atoms with Crippen molar-refractivity contribution in [3.05, 3.63) is 42.1 Å². The van der Waals surface area contributed by atoms with E-state index in [1.165, 1.54) is 21.5 Å². The number of carboxylic acids is 1. The van der Waals surface area contributed by atoms with E-state index >= 15 is 0 Å². The Kier molecular flexibility index (Phi) is 2.37. The Balaban J connectivity index is 2.08. The molecule has 0 aliphatic heterocycles. The molecule has 9 heteroatoms. The topological polar surface area (TPSA) is 124 Å². The summed E-state index contributed by atoms with van der Waals surface area (Å²) in [5.74, 6) is -1.03. The van der Waals surface area contributed by atoms with Crippen LogP contribution in [-0.4, -0.2) is 40.7 Å². The first-order valence-corrected chi connectivity index (χ1v) is 6.33. The van der Waals surface area contributed by atoms with Gasteiger partial charge in [-0.25, -0.2) is 14.0 Å². The first kappa shape index (κ1) is 12.3. The number of carboxylic acid groups (broad SMARTS) is 1. The Labute approximate surface area is 122 Å². The van der Waals surface area contributed by atoms with Gasteiger partial charge in [-0.3, -0.25) is 0 Å². The largest absolute Gasteiger partial charge is 0.478 e. The number of rotatable bonds is 2. The smallest absolute Gasteiger partial charge is 0.338 e. The summed E-state index contributed by atoms with van der Waals surface area (Å²) in [4.78, 5) is 15.5. The van der Waals surface area contributed by atoms with Gasteiger partial charge in [-0.15, -0.1) is 10.2 Å². The fraction of sp³-hybridized carbons (Fsp3) is 0. The number of benzene rings is 1. The van der Waals surface area contributed by atoms with Crippen LogP contribution in [0.15, 0.2) is 36.5 Å². The molecule has 0 aliphatic carbocycles. The number of pyridine rings is 1. The van der Waals surface area contributed by atoms with E-state index in [1.54, 1.807) is 12.1 Å². The summed E-state index contributed by atoms with van der Waals surface area (Å²) in [6, 6.07) is 8.67. The highest BCUT2D eigenvalue weighted by Crippen LogP contribution is 2.21. The van der Waals surface area contributed by atoms with Crippen LogP contribution in [0.4, 0.5) is 5.95 Å². The number of nitrogens with zero attached hydrogens (tertiary/aromatic N) is 6. The molecule has 3 aromatic heterocycles. The summed E-state index contributed by atoms with van der Waals surface area (Å²) >= 11 is 0. The Hall–Kier alpha value is -3.49. The average molecular weight is 295 g/mol. The zero-order valence-electron chi connectivity index (χ0n) is 11.1. The Morgan fingerprint density at radius 3 is 2.91 bits per heavy atom. The summed E-state index contributed by atoms with van der Waals surface area (Å²) in [6.45, 7) is 0. The van der Waals surface area contributed by atoms with Gasteiger partial charge in [-0.2, -0.15) is 4.98 Å². The fourth-order valence-electron chi connectivity index (χ4n) is 2.32. The van der Waals surface area contributed by atoms with E-state index in [2.05, 4.69) is 20.4 Å². The first-order valence-electron chi connectivity index (χ1n) is 6.33. The monoisotopic (exact) mass is 295 g/mol. The van der Waals surface area contributed by atoms with Gasteiger partial charge < -0.3 is 10.8 Å². The number of anilines is 1. The Morgan fingerprint density at radius 2 is 2.09 bits per heavy atom. The molecule has 22 heavy (non-hydrogen) atoms. The van der Waals surface area contributed by atoms with Gasteiger partial charge in [0.25, 0.3) is 0 Å². The average Bonchev–Trinajstić information content (AvgIpc) is 3.07. The van der Waals surface area contributed by atoms with Gasteiger partial charge in [0.2, 0.25) is 5.95 Å². The molecule has 4 aromatic rings. The predicted octanol–water partition coefficient (Wildman–Crippen LogP) is 0.744. The summed E-state index contributed by atoms with van der Waals surface area (Å²) in [6.07, 6.45) is 1.52. The van der Waals surface area contributed by atoms with Crippen LogP contribution in [0, 0.1) is 0 Å². The van der Waals surface area contributed by atoms with Gasteiger partial charge in [0.15, 0.2) is 5.65 Å². The van der Waals surface area contributed by atoms with Crippen molar-refractivity contribution in [1.29, 1.82) is 0 Å². The van der Waals surface area contributed by atoms with Crippen molar-refractivity contribution in [1.82, 2.24) is 29.6 Å². The van der Waals surface area contributed by atoms with Crippen LogP contribution in [0.2, 0.25) is 0 Å². The molecule has 1 aromatic carbocycles. The summed E-state index contributed by atoms with van der Waals surface area (Å²) in [7, 11) is 0. The zero-order valence-corrected chi connectivity index (χ0v) is 11.1. The van der Waals surface area contributed by atoms with E-state index in [0.717, 1.165) is 0 Å². The lowest BCUT2D eigenvalue weighted by Crippen LogP contribution is -2.09. The molecule has 0 amide bonds. The second-order valence-corrected chi connectivity index (χ2v) is 4.64. The molecule has 0 radical (unpaired) electrons. The number of hydrogen-bond acceptors (Lipinski definition) is 6. The van der Waals surface area contributed by atoms with Gasteiger partial charge in [-0.1, -0.05) is 17.3 Å².